The summed E-state index contributed by atoms with van der Waals surface area (Å²) in [4.78, 5) is 20.3. The summed E-state index contributed by atoms with van der Waals surface area (Å²) in [6, 6.07) is 7.48. The highest BCUT2D eigenvalue weighted by molar-refractivity contribution is 9.10. The Kier molecular flexibility index (Phi) is 3.97. The summed E-state index contributed by atoms with van der Waals surface area (Å²) >= 11 is 11.2. The van der Waals surface area contributed by atoms with Crippen LogP contribution in [0.25, 0.3) is 22.0 Å². The molecule has 1 N–H and O–H groups in total. The zero-order valence-electron chi connectivity index (χ0n) is 11.0. The second kappa shape index (κ2) is 5.75. The number of hydrogen-bond donors (Lipinski definition) is 1. The Hall–Kier alpha value is -1.43. The molecule has 0 spiro atoms. The lowest BCUT2D eigenvalue weighted by molar-refractivity contribution is 1.13. The fourth-order valence-electron chi connectivity index (χ4n) is 2.02. The van der Waals surface area contributed by atoms with Crippen molar-refractivity contribution in [2.45, 2.75) is 6.92 Å². The van der Waals surface area contributed by atoms with E-state index >= 15 is 0 Å². The molecule has 6 heteroatoms. The Labute approximate surface area is 138 Å². The third-order valence-corrected chi connectivity index (χ3v) is 4.95. The fraction of sp³-hybridized carbons (Fsp3) is 0.0667. The van der Waals surface area contributed by atoms with Crippen LogP contribution in [-0.2, 0) is 0 Å². The lowest BCUT2D eigenvalue weighted by atomic mass is 10.1. The molecule has 0 fully saturated rings. The maximum atomic E-state index is 12.1. The van der Waals surface area contributed by atoms with Crippen molar-refractivity contribution in [3.05, 3.63) is 60.7 Å². The minimum atomic E-state index is -0.183. The molecule has 2 aromatic heterocycles. The second-order valence-corrected chi connectivity index (χ2v) is 6.81. The summed E-state index contributed by atoms with van der Waals surface area (Å²) in [6.45, 7) is 1.92. The lowest BCUT2D eigenvalue weighted by Crippen LogP contribution is -2.11. The SMILES string of the molecule is Cc1cccc2c(=O)[nH]c(/C(Cl)=C/c3cc(Br)cs3)nc12. The van der Waals surface area contributed by atoms with E-state index in [-0.39, 0.29) is 5.56 Å². The first kappa shape index (κ1) is 14.5. The summed E-state index contributed by atoms with van der Waals surface area (Å²) in [5.74, 6) is 0.382. The fourth-order valence-corrected chi connectivity index (χ4v) is 3.66. The van der Waals surface area contributed by atoms with Gasteiger partial charge in [0.15, 0.2) is 5.82 Å². The van der Waals surface area contributed by atoms with Gasteiger partial charge in [-0.3, -0.25) is 4.79 Å². The summed E-state index contributed by atoms with van der Waals surface area (Å²) in [6.07, 6.45) is 1.79. The number of benzene rings is 1. The molecule has 106 valence electrons. The van der Waals surface area contributed by atoms with Gasteiger partial charge in [-0.15, -0.1) is 11.3 Å². The zero-order valence-corrected chi connectivity index (χ0v) is 14.1. The van der Waals surface area contributed by atoms with Crippen molar-refractivity contribution in [3.63, 3.8) is 0 Å². The first-order valence-electron chi connectivity index (χ1n) is 6.16. The van der Waals surface area contributed by atoms with E-state index in [2.05, 4.69) is 25.9 Å². The lowest BCUT2D eigenvalue weighted by Gasteiger charge is -2.04. The van der Waals surface area contributed by atoms with Crippen LogP contribution in [0.15, 0.2) is 38.9 Å². The molecule has 3 rings (SSSR count). The third kappa shape index (κ3) is 2.95. The quantitative estimate of drug-likeness (QED) is 0.693. The molecule has 0 radical (unpaired) electrons. The number of nitrogens with one attached hydrogen (secondary N) is 1. The van der Waals surface area contributed by atoms with Gasteiger partial charge in [0.25, 0.3) is 5.56 Å². The van der Waals surface area contributed by atoms with Gasteiger partial charge < -0.3 is 4.98 Å². The molecule has 3 aromatic rings. The number of hydrogen-bond acceptors (Lipinski definition) is 3. The van der Waals surface area contributed by atoms with Crippen LogP contribution in [0.1, 0.15) is 16.3 Å². The molecular weight excluding hydrogens is 372 g/mol. The van der Waals surface area contributed by atoms with Gasteiger partial charge in [0, 0.05) is 14.7 Å². The predicted octanol–water partition coefficient (Wildman–Crippen LogP) is 4.79. The van der Waals surface area contributed by atoms with Crippen molar-refractivity contribution in [3.8, 4) is 0 Å². The Morgan fingerprint density at radius 1 is 1.48 bits per heavy atom. The van der Waals surface area contributed by atoms with Crippen LogP contribution in [0.5, 0.6) is 0 Å². The van der Waals surface area contributed by atoms with Gasteiger partial charge in [-0.25, -0.2) is 4.98 Å². The van der Waals surface area contributed by atoms with Gasteiger partial charge in [-0.2, -0.15) is 0 Å². The van der Waals surface area contributed by atoms with E-state index < -0.39 is 0 Å². The Morgan fingerprint density at radius 3 is 3.00 bits per heavy atom. The first-order chi connectivity index (χ1) is 10.0. The summed E-state index contributed by atoms with van der Waals surface area (Å²) in [7, 11) is 0. The van der Waals surface area contributed by atoms with E-state index in [0.717, 1.165) is 14.9 Å². The average Bonchev–Trinajstić information content (AvgIpc) is 2.85. The maximum absolute atomic E-state index is 12.1. The normalized spacial score (nSPS) is 12.0. The number of nitrogens with zero attached hydrogens (tertiary/aromatic N) is 1. The topological polar surface area (TPSA) is 45.8 Å². The van der Waals surface area contributed by atoms with Gasteiger partial charge in [0.05, 0.1) is 15.9 Å². The van der Waals surface area contributed by atoms with Gasteiger partial charge in [-0.1, -0.05) is 23.7 Å². The maximum Gasteiger partial charge on any atom is 0.259 e. The number of aromatic nitrogens is 2. The van der Waals surface area contributed by atoms with Crippen LogP contribution in [-0.4, -0.2) is 9.97 Å². The minimum Gasteiger partial charge on any atom is -0.305 e. The van der Waals surface area contributed by atoms with Crippen molar-refractivity contribution in [2.75, 3.05) is 0 Å². The molecule has 0 bridgehead atoms. The zero-order chi connectivity index (χ0) is 15.0. The second-order valence-electron chi connectivity index (χ2n) is 4.55. The number of para-hydroxylation sites is 1. The summed E-state index contributed by atoms with van der Waals surface area (Å²) in [5, 5.41) is 2.95. The highest BCUT2D eigenvalue weighted by Gasteiger charge is 2.08. The monoisotopic (exact) mass is 380 g/mol. The van der Waals surface area contributed by atoms with E-state index in [0.29, 0.717) is 21.8 Å². The highest BCUT2D eigenvalue weighted by atomic mass is 79.9. The third-order valence-electron chi connectivity index (χ3n) is 3.02. The van der Waals surface area contributed by atoms with Crippen molar-refractivity contribution < 1.29 is 0 Å². The number of fused-ring (bicyclic) bond motifs is 1. The largest absolute Gasteiger partial charge is 0.305 e. The molecule has 0 saturated heterocycles. The van der Waals surface area contributed by atoms with E-state index in [1.807, 2.05) is 30.5 Å². The molecule has 0 aliphatic carbocycles. The number of H-pyrrole nitrogens is 1. The molecule has 2 heterocycles. The van der Waals surface area contributed by atoms with Gasteiger partial charge in [-0.05, 0) is 46.6 Å². The molecule has 0 saturated carbocycles. The smallest absolute Gasteiger partial charge is 0.259 e. The van der Waals surface area contributed by atoms with Crippen LogP contribution in [0, 0.1) is 6.92 Å². The Morgan fingerprint density at radius 2 is 2.29 bits per heavy atom. The van der Waals surface area contributed by atoms with Crippen LogP contribution in [0.4, 0.5) is 0 Å². The molecule has 0 atom stereocenters. The van der Waals surface area contributed by atoms with Crippen molar-refractivity contribution in [2.24, 2.45) is 0 Å². The molecule has 0 aliphatic rings. The molecule has 0 aliphatic heterocycles. The van der Waals surface area contributed by atoms with Crippen LogP contribution in [0.3, 0.4) is 0 Å². The average molecular weight is 382 g/mol. The number of aromatic amines is 1. The Balaban J connectivity index is 2.14. The van der Waals surface area contributed by atoms with E-state index in [1.54, 1.807) is 23.5 Å². The van der Waals surface area contributed by atoms with Crippen LogP contribution >= 0.6 is 38.9 Å². The van der Waals surface area contributed by atoms with Crippen molar-refractivity contribution >= 4 is 60.9 Å². The predicted molar refractivity (Wildman–Crippen MR) is 92.8 cm³/mol. The van der Waals surface area contributed by atoms with E-state index in [1.165, 1.54) is 0 Å². The number of thiophene rings is 1. The number of halogens is 2. The number of rotatable bonds is 2. The molecule has 1 aromatic carbocycles. The molecule has 0 unspecified atom stereocenters. The van der Waals surface area contributed by atoms with E-state index in [9.17, 15) is 4.79 Å². The first-order valence-corrected chi connectivity index (χ1v) is 8.21. The van der Waals surface area contributed by atoms with Crippen LogP contribution < -0.4 is 5.56 Å². The molecule has 3 nitrogen and oxygen atoms in total. The minimum absolute atomic E-state index is 0.183. The summed E-state index contributed by atoms with van der Waals surface area (Å²) in [5.41, 5.74) is 1.44. The van der Waals surface area contributed by atoms with Crippen molar-refractivity contribution in [1.82, 2.24) is 9.97 Å². The van der Waals surface area contributed by atoms with Gasteiger partial charge in [0.1, 0.15) is 0 Å². The van der Waals surface area contributed by atoms with Crippen molar-refractivity contribution in [1.29, 1.82) is 0 Å². The standard InChI is InChI=1S/C15H10BrClN2OS/c1-8-3-2-4-11-13(8)18-14(19-15(11)20)12(17)6-10-5-9(16)7-21-10/h2-7H,1H3,(H,18,19,20)/b12-6-. The number of aryl methyl sites for hydroxylation is 1. The van der Waals surface area contributed by atoms with E-state index in [4.69, 9.17) is 11.6 Å². The van der Waals surface area contributed by atoms with Gasteiger partial charge >= 0.3 is 0 Å². The molecule has 0 amide bonds. The molecular formula is C15H10BrClN2OS. The molecule has 21 heavy (non-hydrogen) atoms. The highest BCUT2D eigenvalue weighted by Crippen LogP contribution is 2.26. The van der Waals surface area contributed by atoms with Crippen LogP contribution in [0.2, 0.25) is 0 Å². The summed E-state index contributed by atoms with van der Waals surface area (Å²) < 4.78 is 0.999. The Bertz CT molecular complexity index is 913. The van der Waals surface area contributed by atoms with Gasteiger partial charge in [0.2, 0.25) is 0 Å².